The van der Waals surface area contributed by atoms with E-state index in [-0.39, 0.29) is 114 Å². The highest BCUT2D eigenvalue weighted by Gasteiger charge is 2.34. The lowest BCUT2D eigenvalue weighted by atomic mass is 9.88. The SMILES string of the molecule is C=CCOC(=O)CC[C@H](CC(C)=O)C(=O)N[C@@H](Cc1ccc(OC(C)(C)C)cc1)C(=O)C[C@@H](CCCN=C(C)N)C(=O)N[C@H](CCCNC(N)=NC)C(=O)C[C@@H](Cc1ccc2ccccc2c1)C(=O)NCC(=O)C[C@@H](CNC)C(=O)N[C@@H](CCCNC(N)=NC)C(C)=O. The summed E-state index contributed by atoms with van der Waals surface area (Å²) in [4.78, 5) is 151. The van der Waals surface area contributed by atoms with Gasteiger partial charge in [-0.15, -0.1) is 0 Å². The molecule has 0 bridgehead atoms. The number of fused-ring (bicyclic) bond motifs is 1. The van der Waals surface area contributed by atoms with Crippen LogP contribution in [0.25, 0.3) is 10.8 Å². The standard InChI is InChI=1S/C68H101N13O12/c1-11-33-92-61(87)29-26-51(34-43(2)82)64(90)81-58(37-46-23-27-55(28-24-46)93-68(5,6)7)60(86)39-50(19-14-30-75-45(4)69)63(89)80-57(21-16-32-77-67(71)74-10)59(85)40-52(36-47-22-25-48-17-12-13-18-49(48)35-47)62(88)78-42-54(84)38-53(41-72-8)65(91)79-56(44(3)83)20-15-31-76-66(70)73-9/h11-13,17-18,22-25,27-28,35,50-53,56-58,72H,1,14-16,19-21,26,29-34,36-42H2,2-10H3,(H2,69,75)(H,78,88)(H,79,91)(H,80,89)(H,81,90)(H3,70,73,76)(H3,71,74,77)/t50-,51-,52-,53+,56+,57-,58+/m1/s1. The van der Waals surface area contributed by atoms with Crippen LogP contribution in [0.5, 0.6) is 5.75 Å². The van der Waals surface area contributed by atoms with Gasteiger partial charge >= 0.3 is 5.97 Å². The number of amides is 4. The van der Waals surface area contributed by atoms with E-state index in [4.69, 9.17) is 26.7 Å². The third-order valence-corrected chi connectivity index (χ3v) is 15.2. The molecular formula is C68H101N13O12. The van der Waals surface area contributed by atoms with Crippen molar-refractivity contribution in [1.29, 1.82) is 0 Å². The molecule has 0 saturated heterocycles. The monoisotopic (exact) mass is 1290 g/mol. The Morgan fingerprint density at radius 2 is 1.16 bits per heavy atom. The van der Waals surface area contributed by atoms with E-state index in [0.717, 1.165) is 10.8 Å². The highest BCUT2D eigenvalue weighted by molar-refractivity contribution is 5.98. The zero-order chi connectivity index (χ0) is 69.0. The van der Waals surface area contributed by atoms with E-state index >= 15 is 4.79 Å². The number of hydrogen-bond donors (Lipinski definition) is 10. The molecule has 0 radical (unpaired) electrons. The first-order chi connectivity index (χ1) is 44.1. The van der Waals surface area contributed by atoms with Gasteiger partial charge in [0, 0.05) is 90.1 Å². The molecule has 0 aromatic heterocycles. The van der Waals surface area contributed by atoms with Gasteiger partial charge in [-0.1, -0.05) is 67.3 Å². The molecule has 0 spiro atoms. The van der Waals surface area contributed by atoms with Gasteiger partial charge in [0.2, 0.25) is 23.6 Å². The summed E-state index contributed by atoms with van der Waals surface area (Å²) in [5, 5.41) is 21.9. The maximum atomic E-state index is 15.0. The summed E-state index contributed by atoms with van der Waals surface area (Å²) >= 11 is 0. The van der Waals surface area contributed by atoms with Gasteiger partial charge in [0.15, 0.2) is 35.1 Å². The maximum Gasteiger partial charge on any atom is 0.306 e. The number of esters is 1. The molecule has 0 aliphatic carbocycles. The second-order valence-electron chi connectivity index (χ2n) is 24.3. The van der Waals surface area contributed by atoms with Gasteiger partial charge in [-0.2, -0.15) is 0 Å². The Balaban J connectivity index is 2.05. The normalized spacial score (nSPS) is 14.2. The number of carbonyl (C=O) groups is 10. The van der Waals surface area contributed by atoms with Crippen LogP contribution in [0, 0.1) is 23.7 Å². The van der Waals surface area contributed by atoms with Crippen molar-refractivity contribution in [3.05, 3.63) is 90.5 Å². The molecular weight excluding hydrogens is 1190 g/mol. The van der Waals surface area contributed by atoms with Crippen molar-refractivity contribution in [2.75, 3.05) is 60.5 Å². The van der Waals surface area contributed by atoms with E-state index in [0.29, 0.717) is 42.1 Å². The van der Waals surface area contributed by atoms with Crippen molar-refractivity contribution in [3.63, 3.8) is 0 Å². The zero-order valence-corrected chi connectivity index (χ0v) is 55.8. The summed E-state index contributed by atoms with van der Waals surface area (Å²) in [6.45, 7) is 13.9. The number of nitrogens with zero attached hydrogens (tertiary/aromatic N) is 3. The predicted octanol–water partition coefficient (Wildman–Crippen LogP) is 3.80. The lowest BCUT2D eigenvalue weighted by Crippen LogP contribution is -2.48. The molecule has 0 heterocycles. The molecule has 510 valence electrons. The Morgan fingerprint density at radius 3 is 1.74 bits per heavy atom. The lowest BCUT2D eigenvalue weighted by molar-refractivity contribution is -0.143. The summed E-state index contributed by atoms with van der Waals surface area (Å²) in [6, 6.07) is 16.9. The van der Waals surface area contributed by atoms with Crippen LogP contribution in [-0.2, 0) is 65.5 Å². The van der Waals surface area contributed by atoms with Crippen molar-refractivity contribution < 1.29 is 57.4 Å². The fourth-order valence-corrected chi connectivity index (χ4v) is 10.3. The average molecular weight is 1290 g/mol. The van der Waals surface area contributed by atoms with Gasteiger partial charge in [0.1, 0.15) is 23.7 Å². The summed E-state index contributed by atoms with van der Waals surface area (Å²) < 4.78 is 11.2. The van der Waals surface area contributed by atoms with Gasteiger partial charge in [0.25, 0.3) is 0 Å². The maximum absolute atomic E-state index is 15.0. The lowest BCUT2D eigenvalue weighted by Gasteiger charge is -2.26. The van der Waals surface area contributed by atoms with Crippen molar-refractivity contribution in [3.8, 4) is 5.75 Å². The van der Waals surface area contributed by atoms with Crippen LogP contribution in [0.15, 0.2) is 94.4 Å². The summed E-state index contributed by atoms with van der Waals surface area (Å²) in [5.74, 6) is -8.16. The number of benzene rings is 3. The molecule has 0 fully saturated rings. The van der Waals surface area contributed by atoms with Crippen LogP contribution < -0.4 is 59.2 Å². The molecule has 25 heteroatoms. The third kappa shape index (κ3) is 31.3. The topological polar surface area (TPSA) is 389 Å². The van der Waals surface area contributed by atoms with Crippen LogP contribution in [0.2, 0.25) is 0 Å². The molecule has 13 N–H and O–H groups in total. The largest absolute Gasteiger partial charge is 0.488 e. The molecule has 7 atom stereocenters. The fourth-order valence-electron chi connectivity index (χ4n) is 10.3. The number of guanidine groups is 2. The summed E-state index contributed by atoms with van der Waals surface area (Å²) in [6.07, 6.45) is 1.23. The minimum absolute atomic E-state index is 0.0389. The van der Waals surface area contributed by atoms with Gasteiger partial charge < -0.3 is 68.7 Å². The third-order valence-electron chi connectivity index (χ3n) is 15.2. The predicted molar refractivity (Wildman–Crippen MR) is 361 cm³/mol. The molecule has 0 aliphatic rings. The highest BCUT2D eigenvalue weighted by atomic mass is 16.5. The molecule has 4 amide bonds. The van der Waals surface area contributed by atoms with Crippen LogP contribution >= 0.6 is 0 Å². The van der Waals surface area contributed by atoms with Gasteiger partial charge in [-0.25, -0.2) is 0 Å². The van der Waals surface area contributed by atoms with Crippen LogP contribution in [-0.4, -0.2) is 160 Å². The number of rotatable bonds is 44. The second kappa shape index (κ2) is 41.6. The van der Waals surface area contributed by atoms with E-state index in [2.05, 4.69) is 58.8 Å². The highest BCUT2D eigenvalue weighted by Crippen LogP contribution is 2.25. The van der Waals surface area contributed by atoms with Crippen LogP contribution in [0.1, 0.15) is 130 Å². The van der Waals surface area contributed by atoms with Crippen LogP contribution in [0.3, 0.4) is 0 Å². The minimum atomic E-state index is -1.25. The van der Waals surface area contributed by atoms with Crippen molar-refractivity contribution in [1.82, 2.24) is 37.2 Å². The molecule has 93 heavy (non-hydrogen) atoms. The van der Waals surface area contributed by atoms with Crippen LogP contribution in [0.4, 0.5) is 0 Å². The van der Waals surface area contributed by atoms with Gasteiger partial charge in [0.05, 0.1) is 36.4 Å². The Labute approximate surface area is 547 Å². The molecule has 0 unspecified atom stereocenters. The Morgan fingerprint density at radius 1 is 0.602 bits per heavy atom. The number of Topliss-reactive ketones (excluding diaryl/α,β-unsaturated/α-hetero) is 5. The molecule has 0 aliphatic heterocycles. The molecule has 25 nitrogen and oxygen atoms in total. The Kier molecular flexibility index (Phi) is 35.0. The first kappa shape index (κ1) is 78.4. The number of nitrogens with two attached hydrogens (primary N) is 3. The van der Waals surface area contributed by atoms with E-state index in [1.165, 1.54) is 34.0 Å². The fraction of sp³-hybridized carbons (Fsp3) is 0.544. The van der Waals surface area contributed by atoms with Crippen molar-refractivity contribution >= 4 is 87.0 Å². The number of carbonyl (C=O) groups excluding carboxylic acids is 10. The summed E-state index contributed by atoms with van der Waals surface area (Å²) in [7, 11) is 4.65. The molecule has 3 aromatic carbocycles. The van der Waals surface area contributed by atoms with E-state index in [1.807, 2.05) is 63.2 Å². The second-order valence-corrected chi connectivity index (χ2v) is 24.3. The minimum Gasteiger partial charge on any atom is -0.488 e. The zero-order valence-electron chi connectivity index (χ0n) is 55.8. The number of amidine groups is 1. The number of aliphatic imine (C=N–C) groups is 3. The number of ether oxygens (including phenoxy) is 2. The number of ketones is 5. The quantitative estimate of drug-likeness (QED) is 0.0126. The number of nitrogens with one attached hydrogen (secondary N) is 7. The summed E-state index contributed by atoms with van der Waals surface area (Å²) in [5.41, 5.74) is 18.4. The molecule has 3 aromatic rings. The van der Waals surface area contributed by atoms with Gasteiger partial charge in [-0.05, 0) is 140 Å². The van der Waals surface area contributed by atoms with Crippen molar-refractivity contribution in [2.24, 2.45) is 55.8 Å². The average Bonchev–Trinajstić information content (AvgIpc) is 1.05. The number of hydrogen-bond acceptors (Lipinski definition) is 16. The van der Waals surface area contributed by atoms with E-state index in [9.17, 15) is 43.2 Å². The van der Waals surface area contributed by atoms with E-state index < -0.39 is 114 Å². The Hall–Kier alpha value is -8.87. The molecule has 0 saturated carbocycles. The van der Waals surface area contributed by atoms with E-state index in [1.54, 1.807) is 38.2 Å². The molecule has 3 rings (SSSR count). The van der Waals surface area contributed by atoms with Gasteiger partial charge in [-0.3, -0.25) is 58.1 Å². The first-order valence-corrected chi connectivity index (χ1v) is 31.8. The van der Waals surface area contributed by atoms with Crippen molar-refractivity contribution in [2.45, 2.75) is 155 Å². The smallest absolute Gasteiger partial charge is 0.306 e. The first-order valence-electron chi connectivity index (χ1n) is 31.8. The Bertz CT molecular complexity index is 3080.